The fourth-order valence-corrected chi connectivity index (χ4v) is 4.48. The summed E-state index contributed by atoms with van der Waals surface area (Å²) < 4.78 is 17.2. The molecule has 0 fully saturated rings. The maximum Gasteiger partial charge on any atom is 0.295 e. The Hall–Kier alpha value is -4.65. The van der Waals surface area contributed by atoms with Gasteiger partial charge in [-0.2, -0.15) is 0 Å². The number of carbonyl (C=O) groups is 2. The minimum absolute atomic E-state index is 0.00899. The van der Waals surface area contributed by atoms with Crippen LogP contribution in [0.3, 0.4) is 0 Å². The van der Waals surface area contributed by atoms with Crippen LogP contribution in [-0.4, -0.2) is 25.4 Å². The lowest BCUT2D eigenvalue weighted by Gasteiger charge is -2.26. The minimum atomic E-state index is -0.779. The molecular formula is C29H23NO6. The second kappa shape index (κ2) is 9.19. The third-order valence-electron chi connectivity index (χ3n) is 6.19. The summed E-state index contributed by atoms with van der Waals surface area (Å²) in [7, 11) is 1.52. The maximum atomic E-state index is 13.7. The summed E-state index contributed by atoms with van der Waals surface area (Å²) in [6.07, 6.45) is 1.63. The highest BCUT2D eigenvalue weighted by Gasteiger charge is 2.44. The predicted molar refractivity (Wildman–Crippen MR) is 136 cm³/mol. The van der Waals surface area contributed by atoms with E-state index in [1.54, 1.807) is 72.8 Å². The van der Waals surface area contributed by atoms with E-state index in [1.807, 2.05) is 0 Å². The van der Waals surface area contributed by atoms with Crippen LogP contribution in [0.1, 0.15) is 45.0 Å². The van der Waals surface area contributed by atoms with Crippen LogP contribution in [0.25, 0.3) is 11.0 Å². The van der Waals surface area contributed by atoms with Gasteiger partial charge in [0.25, 0.3) is 5.91 Å². The lowest BCUT2D eigenvalue weighted by atomic mass is 9.97. The summed E-state index contributed by atoms with van der Waals surface area (Å²) in [6.45, 7) is 5.44. The van der Waals surface area contributed by atoms with Crippen molar-refractivity contribution in [1.29, 1.82) is 0 Å². The number of amides is 1. The van der Waals surface area contributed by atoms with Gasteiger partial charge in [-0.1, -0.05) is 30.9 Å². The molecule has 0 bridgehead atoms. The molecule has 4 aromatic rings. The van der Waals surface area contributed by atoms with Gasteiger partial charge in [0.05, 0.1) is 24.1 Å². The molecule has 36 heavy (non-hydrogen) atoms. The standard InChI is InChI=1S/C29H23NO6/c1-4-15-35-23-14-11-19(16-24(23)34-3)26-25-27(32)21-7-5-6-8-22(21)36-28(25)29(33)30(26)20-12-9-18(10-13-20)17(2)31/h4-14,16,26H,1,15H2,2-3H3. The smallest absolute Gasteiger partial charge is 0.295 e. The van der Waals surface area contributed by atoms with E-state index in [9.17, 15) is 14.4 Å². The number of ketones is 1. The summed E-state index contributed by atoms with van der Waals surface area (Å²) in [4.78, 5) is 40.7. The molecule has 7 nitrogen and oxygen atoms in total. The zero-order valence-corrected chi connectivity index (χ0v) is 19.8. The molecule has 0 spiro atoms. The van der Waals surface area contributed by atoms with Gasteiger partial charge >= 0.3 is 0 Å². The molecule has 1 aliphatic heterocycles. The number of ether oxygens (including phenoxy) is 2. The molecule has 1 amide bonds. The number of hydrogen-bond acceptors (Lipinski definition) is 6. The van der Waals surface area contributed by atoms with Gasteiger partial charge in [0.15, 0.2) is 22.7 Å². The van der Waals surface area contributed by atoms with Crippen molar-refractivity contribution in [1.82, 2.24) is 0 Å². The first kappa shape index (κ1) is 23.1. The van der Waals surface area contributed by atoms with Gasteiger partial charge in [0.1, 0.15) is 12.2 Å². The Labute approximate surface area is 207 Å². The topological polar surface area (TPSA) is 86.0 Å². The number of carbonyl (C=O) groups excluding carboxylic acids is 2. The van der Waals surface area contributed by atoms with Gasteiger partial charge in [-0.05, 0) is 61.0 Å². The molecule has 7 heteroatoms. The second-order valence-electron chi connectivity index (χ2n) is 8.36. The summed E-state index contributed by atoms with van der Waals surface area (Å²) in [5, 5.41) is 0.390. The van der Waals surface area contributed by atoms with Gasteiger partial charge < -0.3 is 13.9 Å². The number of benzene rings is 3. The average molecular weight is 482 g/mol. The first-order chi connectivity index (χ1) is 17.4. The summed E-state index contributed by atoms with van der Waals surface area (Å²) in [6, 6.07) is 18.0. The van der Waals surface area contributed by atoms with Crippen LogP contribution < -0.4 is 19.8 Å². The number of nitrogens with zero attached hydrogens (tertiary/aromatic N) is 1. The van der Waals surface area contributed by atoms with E-state index in [2.05, 4.69) is 6.58 Å². The molecule has 1 unspecified atom stereocenters. The van der Waals surface area contributed by atoms with E-state index in [0.29, 0.717) is 45.9 Å². The third kappa shape index (κ3) is 3.75. The van der Waals surface area contributed by atoms with Crippen LogP contribution >= 0.6 is 0 Å². The molecule has 3 aromatic carbocycles. The van der Waals surface area contributed by atoms with Gasteiger partial charge in [0, 0.05) is 11.3 Å². The van der Waals surface area contributed by atoms with Gasteiger partial charge in [-0.3, -0.25) is 19.3 Å². The highest BCUT2D eigenvalue weighted by atomic mass is 16.5. The van der Waals surface area contributed by atoms with Crippen LogP contribution in [-0.2, 0) is 0 Å². The molecule has 2 heterocycles. The summed E-state index contributed by atoms with van der Waals surface area (Å²) in [5.41, 5.74) is 1.99. The molecule has 1 aliphatic rings. The molecule has 1 atom stereocenters. The Morgan fingerprint density at radius 3 is 2.50 bits per heavy atom. The largest absolute Gasteiger partial charge is 0.493 e. The van der Waals surface area contributed by atoms with E-state index in [0.717, 1.165) is 0 Å². The molecule has 0 radical (unpaired) electrons. The van der Waals surface area contributed by atoms with Crippen molar-refractivity contribution >= 4 is 28.3 Å². The van der Waals surface area contributed by atoms with Gasteiger partial charge in [-0.25, -0.2) is 0 Å². The number of hydrogen-bond donors (Lipinski definition) is 0. The Morgan fingerprint density at radius 1 is 1.06 bits per heavy atom. The first-order valence-electron chi connectivity index (χ1n) is 11.4. The average Bonchev–Trinajstić information content (AvgIpc) is 3.19. The lowest BCUT2D eigenvalue weighted by Crippen LogP contribution is -2.29. The highest BCUT2D eigenvalue weighted by molar-refractivity contribution is 6.11. The van der Waals surface area contributed by atoms with E-state index < -0.39 is 11.9 Å². The van der Waals surface area contributed by atoms with Crippen LogP contribution in [0.4, 0.5) is 5.69 Å². The van der Waals surface area contributed by atoms with E-state index in [4.69, 9.17) is 13.9 Å². The number of fused-ring (bicyclic) bond motifs is 2. The van der Waals surface area contributed by atoms with Gasteiger partial charge in [0.2, 0.25) is 5.76 Å². The zero-order valence-electron chi connectivity index (χ0n) is 19.8. The van der Waals surface area contributed by atoms with Crippen molar-refractivity contribution in [2.75, 3.05) is 18.6 Å². The van der Waals surface area contributed by atoms with Crippen LogP contribution in [0.15, 0.2) is 88.6 Å². The summed E-state index contributed by atoms with van der Waals surface area (Å²) >= 11 is 0. The Kier molecular flexibility index (Phi) is 5.90. The molecule has 1 aromatic heterocycles. The second-order valence-corrected chi connectivity index (χ2v) is 8.36. The predicted octanol–water partition coefficient (Wildman–Crippen LogP) is 5.32. The van der Waals surface area contributed by atoms with E-state index in [1.165, 1.54) is 18.9 Å². The Morgan fingerprint density at radius 2 is 1.81 bits per heavy atom. The molecule has 0 saturated carbocycles. The van der Waals surface area contributed by atoms with Crippen molar-refractivity contribution < 1.29 is 23.5 Å². The molecule has 0 saturated heterocycles. The van der Waals surface area contributed by atoms with Crippen LogP contribution in [0, 0.1) is 0 Å². The van der Waals surface area contributed by atoms with Crippen LogP contribution in [0.2, 0.25) is 0 Å². The highest BCUT2D eigenvalue weighted by Crippen LogP contribution is 2.43. The van der Waals surface area contributed by atoms with Crippen LogP contribution in [0.5, 0.6) is 11.5 Å². The fraction of sp³-hybridized carbons (Fsp3) is 0.138. The number of anilines is 1. The van der Waals surface area contributed by atoms with E-state index in [-0.39, 0.29) is 22.5 Å². The number of methoxy groups -OCH3 is 1. The van der Waals surface area contributed by atoms with Crippen molar-refractivity contribution in [2.24, 2.45) is 0 Å². The SMILES string of the molecule is C=CCOc1ccc(C2c3c(oc4ccccc4c3=O)C(=O)N2c2ccc(C(C)=O)cc2)cc1OC. The van der Waals surface area contributed by atoms with Crippen molar-refractivity contribution in [3.05, 3.63) is 112 Å². The molecule has 0 aliphatic carbocycles. The zero-order chi connectivity index (χ0) is 25.4. The molecule has 180 valence electrons. The minimum Gasteiger partial charge on any atom is -0.493 e. The first-order valence-corrected chi connectivity index (χ1v) is 11.4. The summed E-state index contributed by atoms with van der Waals surface area (Å²) in [5.74, 6) is 0.419. The van der Waals surface area contributed by atoms with Crippen molar-refractivity contribution in [3.8, 4) is 11.5 Å². The van der Waals surface area contributed by atoms with Crippen molar-refractivity contribution in [2.45, 2.75) is 13.0 Å². The Balaban J connectivity index is 1.73. The third-order valence-corrected chi connectivity index (χ3v) is 6.19. The van der Waals surface area contributed by atoms with E-state index >= 15 is 0 Å². The monoisotopic (exact) mass is 481 g/mol. The van der Waals surface area contributed by atoms with Crippen molar-refractivity contribution in [3.63, 3.8) is 0 Å². The number of rotatable bonds is 7. The molecule has 0 N–H and O–H groups in total. The lowest BCUT2D eigenvalue weighted by molar-refractivity contribution is 0.0970. The molecular weight excluding hydrogens is 458 g/mol. The quantitative estimate of drug-likeness (QED) is 0.262. The number of Topliss-reactive ketones (excluding diaryl/α,β-unsaturated/α-hetero) is 1. The fourth-order valence-electron chi connectivity index (χ4n) is 4.48. The molecule has 5 rings (SSSR count). The number of para-hydroxylation sites is 1. The maximum absolute atomic E-state index is 13.7. The van der Waals surface area contributed by atoms with Gasteiger partial charge in [-0.15, -0.1) is 0 Å². The normalized spacial score (nSPS) is 14.6. The Bertz CT molecular complexity index is 1570.